The van der Waals surface area contributed by atoms with Crippen molar-refractivity contribution in [1.82, 2.24) is 25.3 Å². The summed E-state index contributed by atoms with van der Waals surface area (Å²) in [7, 11) is 0. The highest BCUT2D eigenvalue weighted by atomic mass is 16.5. The first-order valence-corrected chi connectivity index (χ1v) is 6.68. The molecule has 0 spiro atoms. The van der Waals surface area contributed by atoms with Crippen LogP contribution in [-0.2, 0) is 20.1 Å². The van der Waals surface area contributed by atoms with E-state index in [0.717, 1.165) is 6.29 Å². The highest BCUT2D eigenvalue weighted by Crippen LogP contribution is 2.43. The summed E-state index contributed by atoms with van der Waals surface area (Å²) in [5.41, 5.74) is 1.70. The smallest absolute Gasteiger partial charge is 0.225 e. The molecule has 0 aromatic carbocycles. The highest BCUT2D eigenvalue weighted by Gasteiger charge is 2.46. The van der Waals surface area contributed by atoms with E-state index in [4.69, 9.17) is 4.74 Å². The number of carbonyl (C=O) groups excluding carboxylic acids is 2. The number of H-pyrrole nitrogens is 1. The maximum Gasteiger partial charge on any atom is 0.225 e. The van der Waals surface area contributed by atoms with Gasteiger partial charge in [-0.2, -0.15) is 0 Å². The number of carbonyl (C=O) groups is 2. The van der Waals surface area contributed by atoms with Gasteiger partial charge in [-0.05, 0) is 0 Å². The Morgan fingerprint density at radius 3 is 2.91 bits per heavy atom. The van der Waals surface area contributed by atoms with Crippen molar-refractivity contribution in [3.63, 3.8) is 0 Å². The van der Waals surface area contributed by atoms with Gasteiger partial charge in [0.2, 0.25) is 5.72 Å². The van der Waals surface area contributed by atoms with Gasteiger partial charge in [0, 0.05) is 29.7 Å². The van der Waals surface area contributed by atoms with Crippen LogP contribution in [0.25, 0.3) is 11.2 Å². The lowest BCUT2D eigenvalue weighted by atomic mass is 9.80. The van der Waals surface area contributed by atoms with E-state index in [1.165, 1.54) is 18.9 Å². The molecule has 0 aliphatic carbocycles. The standard InChI is InChI=1S/C14H11N5O3/c20-3-8-2-19-14(1-10(8)9(4-21)5-22-14)12-11-13(17-6-15-11)18-7-16-12/h2-7,10,19H,1H2,(H,15,16,17,18). The van der Waals surface area contributed by atoms with E-state index in [-0.39, 0.29) is 5.92 Å². The fourth-order valence-electron chi connectivity index (χ4n) is 2.92. The van der Waals surface area contributed by atoms with Crippen molar-refractivity contribution in [2.24, 2.45) is 5.92 Å². The molecule has 4 heterocycles. The topological polar surface area (TPSA) is 110 Å². The number of nitrogens with zero attached hydrogens (tertiary/aromatic N) is 3. The van der Waals surface area contributed by atoms with E-state index < -0.39 is 5.72 Å². The number of hydrogen-bond acceptors (Lipinski definition) is 7. The summed E-state index contributed by atoms with van der Waals surface area (Å²) >= 11 is 0. The average molecular weight is 297 g/mol. The van der Waals surface area contributed by atoms with Crippen molar-refractivity contribution >= 4 is 23.7 Å². The molecular weight excluding hydrogens is 286 g/mol. The summed E-state index contributed by atoms with van der Waals surface area (Å²) < 4.78 is 5.79. The Morgan fingerprint density at radius 1 is 1.23 bits per heavy atom. The van der Waals surface area contributed by atoms with Crippen LogP contribution in [0.5, 0.6) is 0 Å². The molecule has 22 heavy (non-hydrogen) atoms. The van der Waals surface area contributed by atoms with Gasteiger partial charge >= 0.3 is 0 Å². The molecule has 2 bridgehead atoms. The summed E-state index contributed by atoms with van der Waals surface area (Å²) in [5.74, 6) is -0.325. The van der Waals surface area contributed by atoms with Gasteiger partial charge in [0.05, 0.1) is 12.6 Å². The number of aldehydes is 2. The van der Waals surface area contributed by atoms with E-state index >= 15 is 0 Å². The van der Waals surface area contributed by atoms with Crippen LogP contribution in [0.3, 0.4) is 0 Å². The molecule has 2 N–H and O–H groups in total. The lowest BCUT2D eigenvalue weighted by molar-refractivity contribution is -0.108. The van der Waals surface area contributed by atoms with Crippen molar-refractivity contribution in [1.29, 1.82) is 0 Å². The van der Waals surface area contributed by atoms with Crippen molar-refractivity contribution < 1.29 is 14.3 Å². The molecule has 0 fully saturated rings. The normalized spacial score (nSPS) is 26.5. The van der Waals surface area contributed by atoms with Crippen LogP contribution >= 0.6 is 0 Å². The third-order valence-corrected chi connectivity index (χ3v) is 4.04. The lowest BCUT2D eigenvalue weighted by Crippen LogP contribution is -2.49. The van der Waals surface area contributed by atoms with Gasteiger partial charge in [0.1, 0.15) is 30.1 Å². The Bertz CT molecular complexity index is 810. The van der Waals surface area contributed by atoms with E-state index in [1.807, 2.05) is 0 Å². The third-order valence-electron chi connectivity index (χ3n) is 4.04. The number of rotatable bonds is 3. The fourth-order valence-corrected chi connectivity index (χ4v) is 2.92. The maximum atomic E-state index is 11.2. The zero-order chi connectivity index (χ0) is 15.2. The van der Waals surface area contributed by atoms with Gasteiger partial charge in [-0.1, -0.05) is 0 Å². The molecule has 0 saturated heterocycles. The van der Waals surface area contributed by atoms with E-state index in [2.05, 4.69) is 25.3 Å². The van der Waals surface area contributed by atoms with Crippen molar-refractivity contribution in [3.05, 3.63) is 42.0 Å². The maximum absolute atomic E-state index is 11.2. The number of fused-ring (bicyclic) bond motifs is 3. The first-order chi connectivity index (χ1) is 10.8. The van der Waals surface area contributed by atoms with E-state index in [9.17, 15) is 9.59 Å². The molecule has 8 heteroatoms. The second kappa shape index (κ2) is 4.48. The van der Waals surface area contributed by atoms with Gasteiger partial charge < -0.3 is 15.0 Å². The molecular formula is C14H11N5O3. The number of imidazole rings is 1. The summed E-state index contributed by atoms with van der Waals surface area (Å²) in [6.45, 7) is 0. The molecule has 0 saturated carbocycles. The van der Waals surface area contributed by atoms with Gasteiger partial charge in [-0.3, -0.25) is 9.59 Å². The Balaban J connectivity index is 1.90. The molecule has 4 rings (SSSR count). The molecule has 2 unspecified atom stereocenters. The second-order valence-corrected chi connectivity index (χ2v) is 5.17. The Labute approximate surface area is 124 Å². The number of aromatic nitrogens is 4. The Kier molecular flexibility index (Phi) is 2.59. The second-order valence-electron chi connectivity index (χ2n) is 5.17. The van der Waals surface area contributed by atoms with E-state index in [1.54, 1.807) is 6.20 Å². The lowest BCUT2D eigenvalue weighted by Gasteiger charge is -2.42. The van der Waals surface area contributed by atoms with Crippen LogP contribution in [0.4, 0.5) is 0 Å². The van der Waals surface area contributed by atoms with Crippen LogP contribution < -0.4 is 5.32 Å². The largest absolute Gasteiger partial charge is 0.469 e. The summed E-state index contributed by atoms with van der Waals surface area (Å²) in [5, 5.41) is 3.09. The molecule has 0 radical (unpaired) electrons. The Morgan fingerprint density at radius 2 is 2.09 bits per heavy atom. The predicted octanol–water partition coefficient (Wildman–Crippen LogP) is 0.311. The first kappa shape index (κ1) is 12.7. The van der Waals surface area contributed by atoms with Gasteiger partial charge in [-0.15, -0.1) is 0 Å². The zero-order valence-corrected chi connectivity index (χ0v) is 11.3. The average Bonchev–Trinajstić information content (AvgIpc) is 3.04. The number of hydrogen-bond donors (Lipinski definition) is 2. The number of aromatic amines is 1. The molecule has 2 aliphatic heterocycles. The van der Waals surface area contributed by atoms with Crippen molar-refractivity contribution in [2.75, 3.05) is 0 Å². The zero-order valence-electron chi connectivity index (χ0n) is 11.3. The highest BCUT2D eigenvalue weighted by molar-refractivity contribution is 5.83. The molecule has 2 aromatic heterocycles. The van der Waals surface area contributed by atoms with Crippen molar-refractivity contribution in [3.8, 4) is 0 Å². The van der Waals surface area contributed by atoms with E-state index in [0.29, 0.717) is 40.7 Å². The summed E-state index contributed by atoms with van der Waals surface area (Å²) in [6.07, 6.45) is 7.73. The fraction of sp³-hybridized carbons (Fsp3) is 0.214. The third kappa shape index (κ3) is 1.60. The monoisotopic (exact) mass is 297 g/mol. The SMILES string of the molecule is O=CC1=CNC2(c3ncnc4[nH]cnc34)CC1C(C=O)=CO2. The summed E-state index contributed by atoms with van der Waals surface area (Å²) in [6, 6.07) is 0. The van der Waals surface area contributed by atoms with Gasteiger partial charge in [-0.25, -0.2) is 15.0 Å². The van der Waals surface area contributed by atoms with Gasteiger partial charge in [0.15, 0.2) is 5.65 Å². The summed E-state index contributed by atoms with van der Waals surface area (Å²) in [4.78, 5) is 37.9. The first-order valence-electron chi connectivity index (χ1n) is 6.68. The molecule has 8 nitrogen and oxygen atoms in total. The minimum absolute atomic E-state index is 0.325. The minimum Gasteiger partial charge on any atom is -0.469 e. The van der Waals surface area contributed by atoms with Gasteiger partial charge in [0.25, 0.3) is 0 Å². The predicted molar refractivity (Wildman–Crippen MR) is 74.0 cm³/mol. The number of nitrogens with one attached hydrogen (secondary N) is 2. The molecule has 2 atom stereocenters. The quantitative estimate of drug-likeness (QED) is 0.784. The van der Waals surface area contributed by atoms with Crippen LogP contribution in [0.1, 0.15) is 12.1 Å². The molecule has 2 aliphatic rings. The molecule has 0 amide bonds. The molecule has 2 aromatic rings. The van der Waals surface area contributed by atoms with Crippen LogP contribution in [0.15, 0.2) is 36.3 Å². The van der Waals surface area contributed by atoms with Crippen LogP contribution in [0.2, 0.25) is 0 Å². The van der Waals surface area contributed by atoms with Crippen LogP contribution in [0, 0.1) is 5.92 Å². The number of allylic oxidation sites excluding steroid dienone is 2. The van der Waals surface area contributed by atoms with Crippen molar-refractivity contribution in [2.45, 2.75) is 12.1 Å². The molecule has 110 valence electrons. The minimum atomic E-state index is -0.972. The Hall–Kier alpha value is -3.03. The number of ether oxygens (including phenoxy) is 1. The van der Waals surface area contributed by atoms with Crippen LogP contribution in [-0.4, -0.2) is 32.5 Å².